The van der Waals surface area contributed by atoms with Crippen molar-refractivity contribution in [2.75, 3.05) is 7.11 Å². The summed E-state index contributed by atoms with van der Waals surface area (Å²) in [6.07, 6.45) is -4.40. The smallest absolute Gasteiger partial charge is 0.416 e. The van der Waals surface area contributed by atoms with Crippen LogP contribution in [0.4, 0.5) is 18.9 Å². The topological polar surface area (TPSA) is 59.6 Å². The molecule has 122 valence electrons. The molecule has 0 radical (unpaired) electrons. The molecule has 3 N–H and O–H groups in total. The van der Waals surface area contributed by atoms with Crippen LogP contribution in [-0.2, 0) is 6.18 Å². The van der Waals surface area contributed by atoms with E-state index < -0.39 is 11.7 Å². The van der Waals surface area contributed by atoms with Crippen molar-refractivity contribution in [3.8, 4) is 5.75 Å². The van der Waals surface area contributed by atoms with Crippen LogP contribution in [0, 0.1) is 0 Å². The first kappa shape index (κ1) is 17.1. The van der Waals surface area contributed by atoms with Crippen molar-refractivity contribution < 1.29 is 17.9 Å². The zero-order valence-electron chi connectivity index (χ0n) is 12.0. The number of rotatable bonds is 3. The number of benzene rings is 2. The molecular weight excluding hydrogens is 331 g/mol. The molecule has 23 heavy (non-hydrogen) atoms. The number of halogens is 4. The first-order valence-corrected chi connectivity index (χ1v) is 6.79. The Balaban J connectivity index is 2.39. The Bertz CT molecular complexity index is 715. The largest absolute Gasteiger partial charge is 0.497 e. The zero-order chi connectivity index (χ0) is 17.0. The van der Waals surface area contributed by atoms with Crippen molar-refractivity contribution >= 4 is 23.1 Å². The molecule has 0 fully saturated rings. The van der Waals surface area contributed by atoms with Gasteiger partial charge in [0.2, 0.25) is 0 Å². The lowest BCUT2D eigenvalue weighted by Gasteiger charge is -2.10. The predicted molar refractivity (Wildman–Crippen MR) is 83.0 cm³/mol. The number of alkyl halides is 3. The molecule has 0 atom stereocenters. The summed E-state index contributed by atoms with van der Waals surface area (Å²) in [6.45, 7) is 0. The fraction of sp³-hybridized carbons (Fsp3) is 0.133. The Hall–Kier alpha value is -2.25. The molecule has 2 aromatic rings. The Morgan fingerprint density at radius 3 is 2.35 bits per heavy atom. The molecular formula is C15H13ClF3N3O. The van der Waals surface area contributed by atoms with E-state index in [9.17, 15) is 13.2 Å². The highest BCUT2D eigenvalue weighted by Crippen LogP contribution is 2.31. The van der Waals surface area contributed by atoms with Gasteiger partial charge in [0.05, 0.1) is 23.4 Å². The lowest BCUT2D eigenvalue weighted by molar-refractivity contribution is -0.137. The molecule has 0 aliphatic carbocycles. The van der Waals surface area contributed by atoms with Gasteiger partial charge in [-0.15, -0.1) is 0 Å². The molecule has 2 rings (SSSR count). The molecule has 0 aromatic heterocycles. The average Bonchev–Trinajstić information content (AvgIpc) is 2.53. The van der Waals surface area contributed by atoms with Gasteiger partial charge in [-0.3, -0.25) is 0 Å². The number of nitrogens with zero attached hydrogens (tertiary/aromatic N) is 1. The van der Waals surface area contributed by atoms with Gasteiger partial charge >= 0.3 is 6.18 Å². The third-order valence-corrected chi connectivity index (χ3v) is 3.33. The summed E-state index contributed by atoms with van der Waals surface area (Å²) in [7, 11) is 1.49. The Morgan fingerprint density at radius 2 is 1.83 bits per heavy atom. The van der Waals surface area contributed by atoms with Crippen molar-refractivity contribution in [3.63, 3.8) is 0 Å². The van der Waals surface area contributed by atoms with E-state index in [1.54, 1.807) is 18.2 Å². The second-order valence-electron chi connectivity index (χ2n) is 4.50. The van der Waals surface area contributed by atoms with Crippen molar-refractivity contribution in [1.82, 2.24) is 5.43 Å². The van der Waals surface area contributed by atoms with Gasteiger partial charge in [0.15, 0.2) is 0 Å². The quantitative estimate of drug-likeness (QED) is 0.384. The lowest BCUT2D eigenvalue weighted by atomic mass is 10.1. The van der Waals surface area contributed by atoms with E-state index in [-0.39, 0.29) is 5.84 Å². The molecule has 0 heterocycles. The monoisotopic (exact) mass is 343 g/mol. The van der Waals surface area contributed by atoms with E-state index in [4.69, 9.17) is 22.2 Å². The summed E-state index contributed by atoms with van der Waals surface area (Å²) in [5, 5.41) is 0.352. The second kappa shape index (κ2) is 6.89. The highest BCUT2D eigenvalue weighted by Gasteiger charge is 2.30. The van der Waals surface area contributed by atoms with Gasteiger partial charge in [0.25, 0.3) is 0 Å². The molecule has 8 heteroatoms. The zero-order valence-corrected chi connectivity index (χ0v) is 12.7. The minimum Gasteiger partial charge on any atom is -0.497 e. The van der Waals surface area contributed by atoms with Gasteiger partial charge in [-0.1, -0.05) is 23.7 Å². The lowest BCUT2D eigenvalue weighted by Crippen LogP contribution is -2.31. The standard InChI is InChI=1S/C15H13ClF3N3O/c1-23-11-6-7-12(16)13(8-11)21-14(22-20)9-2-4-10(5-3-9)15(17,18)19/h2-8H,20H2,1H3,(H,21,22). The number of amidine groups is 1. The van der Waals surface area contributed by atoms with E-state index in [0.717, 1.165) is 12.1 Å². The Kier molecular flexibility index (Phi) is 5.12. The number of nitrogens with one attached hydrogen (secondary N) is 1. The third-order valence-electron chi connectivity index (χ3n) is 3.01. The minimum atomic E-state index is -4.40. The van der Waals surface area contributed by atoms with Crippen molar-refractivity contribution in [1.29, 1.82) is 0 Å². The summed E-state index contributed by atoms with van der Waals surface area (Å²) in [6, 6.07) is 9.30. The number of hydrogen-bond acceptors (Lipinski definition) is 3. The maximum Gasteiger partial charge on any atom is 0.416 e. The van der Waals surface area contributed by atoms with Crippen molar-refractivity contribution in [2.45, 2.75) is 6.18 Å². The van der Waals surface area contributed by atoms with Crippen LogP contribution in [0.3, 0.4) is 0 Å². The molecule has 4 nitrogen and oxygen atoms in total. The fourth-order valence-electron chi connectivity index (χ4n) is 1.82. The normalized spacial score (nSPS) is 12.2. The molecule has 0 saturated carbocycles. The molecule has 0 saturated heterocycles. The van der Waals surface area contributed by atoms with Crippen molar-refractivity contribution in [2.24, 2.45) is 10.8 Å². The summed E-state index contributed by atoms with van der Waals surface area (Å²) in [4.78, 5) is 4.23. The van der Waals surface area contributed by atoms with Crippen LogP contribution in [0.15, 0.2) is 47.5 Å². The highest BCUT2D eigenvalue weighted by atomic mass is 35.5. The van der Waals surface area contributed by atoms with E-state index in [1.807, 2.05) is 0 Å². The number of nitrogens with two attached hydrogens (primary N) is 1. The van der Waals surface area contributed by atoms with Gasteiger partial charge in [0, 0.05) is 11.6 Å². The van der Waals surface area contributed by atoms with Crippen molar-refractivity contribution in [3.05, 3.63) is 58.6 Å². The number of hydrogen-bond donors (Lipinski definition) is 2. The molecule has 0 aliphatic rings. The molecule has 0 aliphatic heterocycles. The summed E-state index contributed by atoms with van der Waals surface area (Å²) < 4.78 is 42.8. The van der Waals surface area contributed by atoms with Gasteiger partial charge in [-0.2, -0.15) is 13.2 Å². The van der Waals surface area contributed by atoms with Gasteiger partial charge < -0.3 is 10.2 Å². The molecule has 0 spiro atoms. The van der Waals surface area contributed by atoms with Crippen LogP contribution in [0.5, 0.6) is 5.75 Å². The highest BCUT2D eigenvalue weighted by molar-refractivity contribution is 6.33. The van der Waals surface area contributed by atoms with Gasteiger partial charge in [0.1, 0.15) is 11.6 Å². The fourth-order valence-corrected chi connectivity index (χ4v) is 1.98. The molecule has 0 amide bonds. The summed E-state index contributed by atoms with van der Waals surface area (Å²) in [5.74, 6) is 6.13. The number of aliphatic imine (C=N–C) groups is 1. The molecule has 2 aromatic carbocycles. The van der Waals surface area contributed by atoms with E-state index >= 15 is 0 Å². The van der Waals surface area contributed by atoms with Crippen LogP contribution in [0.1, 0.15) is 11.1 Å². The van der Waals surface area contributed by atoms with E-state index in [1.165, 1.54) is 19.2 Å². The van der Waals surface area contributed by atoms with Crippen LogP contribution in [-0.4, -0.2) is 12.9 Å². The first-order valence-electron chi connectivity index (χ1n) is 6.41. The van der Waals surface area contributed by atoms with Gasteiger partial charge in [-0.05, 0) is 24.3 Å². The molecule has 0 bridgehead atoms. The predicted octanol–water partition coefficient (Wildman–Crippen LogP) is 3.91. The third kappa shape index (κ3) is 4.14. The van der Waals surface area contributed by atoms with Crippen LogP contribution >= 0.6 is 11.6 Å². The Morgan fingerprint density at radius 1 is 1.17 bits per heavy atom. The van der Waals surface area contributed by atoms with Crippen LogP contribution < -0.4 is 16.0 Å². The average molecular weight is 344 g/mol. The second-order valence-corrected chi connectivity index (χ2v) is 4.90. The maximum atomic E-state index is 12.6. The van der Waals surface area contributed by atoms with E-state index in [2.05, 4.69) is 10.4 Å². The SMILES string of the molecule is COc1ccc(Cl)c(N=C(NN)c2ccc(C(F)(F)F)cc2)c1. The summed E-state index contributed by atoms with van der Waals surface area (Å²) in [5.41, 5.74) is 2.37. The van der Waals surface area contributed by atoms with Gasteiger partial charge in [-0.25, -0.2) is 10.8 Å². The molecule has 0 unspecified atom stereocenters. The first-order chi connectivity index (χ1) is 10.8. The number of ether oxygens (including phenoxy) is 1. The minimum absolute atomic E-state index is 0.175. The van der Waals surface area contributed by atoms with E-state index in [0.29, 0.717) is 22.0 Å². The van der Waals surface area contributed by atoms with Crippen LogP contribution in [0.25, 0.3) is 0 Å². The van der Waals surface area contributed by atoms with Crippen LogP contribution in [0.2, 0.25) is 5.02 Å². The number of hydrazine groups is 1. The maximum absolute atomic E-state index is 12.6. The number of methoxy groups -OCH3 is 1. The summed E-state index contributed by atoms with van der Waals surface area (Å²) >= 11 is 6.05. The Labute approximate surface area is 135 Å².